The minimum absolute atomic E-state index is 0.0515. The molecule has 7 nitrogen and oxygen atoms in total. The minimum atomic E-state index is -0.0515. The van der Waals surface area contributed by atoms with Gasteiger partial charge in [0.25, 0.3) is 0 Å². The molecule has 1 aromatic heterocycles. The van der Waals surface area contributed by atoms with Gasteiger partial charge in [-0.3, -0.25) is 4.79 Å². The number of ether oxygens (including phenoxy) is 3. The van der Waals surface area contributed by atoms with E-state index < -0.39 is 0 Å². The van der Waals surface area contributed by atoms with Gasteiger partial charge >= 0.3 is 0 Å². The fraction of sp³-hybridized carbons (Fsp3) is 0.211. The van der Waals surface area contributed by atoms with Crippen molar-refractivity contribution < 1.29 is 19.0 Å². The number of thioether (sulfide) groups is 1. The lowest BCUT2D eigenvalue weighted by molar-refractivity contribution is 0.101. The highest BCUT2D eigenvalue weighted by Crippen LogP contribution is 2.30. The van der Waals surface area contributed by atoms with Crippen molar-refractivity contribution in [1.29, 1.82) is 0 Å². The van der Waals surface area contributed by atoms with Gasteiger partial charge in [0.15, 0.2) is 10.1 Å². The predicted octanol–water partition coefficient (Wildman–Crippen LogP) is 4.28. The molecule has 9 heteroatoms. The molecule has 3 rings (SSSR count). The molecule has 0 unspecified atom stereocenters. The number of hydrogen-bond donors (Lipinski definition) is 1. The second kappa shape index (κ2) is 9.43. The van der Waals surface area contributed by atoms with E-state index in [1.165, 1.54) is 30.2 Å². The monoisotopic (exact) mass is 417 g/mol. The summed E-state index contributed by atoms with van der Waals surface area (Å²) in [7, 11) is 4.72. The molecule has 1 heterocycles. The molecule has 0 aliphatic rings. The maximum absolute atomic E-state index is 12.5. The molecule has 0 amide bonds. The zero-order valence-electron chi connectivity index (χ0n) is 15.6. The second-order valence-electron chi connectivity index (χ2n) is 5.50. The van der Waals surface area contributed by atoms with E-state index in [4.69, 9.17) is 14.2 Å². The van der Waals surface area contributed by atoms with Crippen LogP contribution < -0.4 is 19.5 Å². The Morgan fingerprint density at radius 1 is 1.00 bits per heavy atom. The van der Waals surface area contributed by atoms with Crippen molar-refractivity contribution in [1.82, 2.24) is 10.2 Å². The number of benzene rings is 2. The number of carbonyl (C=O) groups is 1. The van der Waals surface area contributed by atoms with Crippen molar-refractivity contribution in [3.63, 3.8) is 0 Å². The first-order chi connectivity index (χ1) is 13.6. The van der Waals surface area contributed by atoms with Crippen molar-refractivity contribution in [2.24, 2.45) is 0 Å². The van der Waals surface area contributed by atoms with E-state index in [0.717, 1.165) is 11.4 Å². The van der Waals surface area contributed by atoms with Gasteiger partial charge < -0.3 is 19.5 Å². The summed E-state index contributed by atoms with van der Waals surface area (Å²) < 4.78 is 16.3. The van der Waals surface area contributed by atoms with Gasteiger partial charge in [0.1, 0.15) is 17.2 Å². The van der Waals surface area contributed by atoms with E-state index in [9.17, 15) is 4.79 Å². The molecule has 146 valence electrons. The standard InChI is InChI=1S/C19H19N3O4S2/c1-24-13-6-4-12(5-7-13)20-18-21-22-19(28-18)27-11-16(23)15-9-8-14(25-2)10-17(15)26-3/h4-10H,11H2,1-3H3,(H,20,21). The Morgan fingerprint density at radius 3 is 2.39 bits per heavy atom. The van der Waals surface area contributed by atoms with Gasteiger partial charge in [-0.15, -0.1) is 10.2 Å². The van der Waals surface area contributed by atoms with Crippen molar-refractivity contribution in [3.8, 4) is 17.2 Å². The highest BCUT2D eigenvalue weighted by Gasteiger charge is 2.15. The molecule has 3 aromatic rings. The summed E-state index contributed by atoms with van der Waals surface area (Å²) in [4.78, 5) is 12.5. The molecule has 0 bridgehead atoms. The second-order valence-corrected chi connectivity index (χ2v) is 7.70. The van der Waals surface area contributed by atoms with E-state index in [1.807, 2.05) is 24.3 Å². The lowest BCUT2D eigenvalue weighted by atomic mass is 10.1. The molecule has 0 radical (unpaired) electrons. The Kier molecular flexibility index (Phi) is 6.72. The summed E-state index contributed by atoms with van der Waals surface area (Å²) in [5.41, 5.74) is 1.39. The van der Waals surface area contributed by atoms with Crippen LogP contribution in [0.25, 0.3) is 0 Å². The Balaban J connectivity index is 1.60. The van der Waals surface area contributed by atoms with Crippen LogP contribution >= 0.6 is 23.1 Å². The lowest BCUT2D eigenvalue weighted by Gasteiger charge is -2.09. The summed E-state index contributed by atoms with van der Waals surface area (Å²) in [6.45, 7) is 0. The van der Waals surface area contributed by atoms with Crippen LogP contribution in [0.1, 0.15) is 10.4 Å². The van der Waals surface area contributed by atoms with Gasteiger partial charge in [-0.1, -0.05) is 23.1 Å². The number of carbonyl (C=O) groups excluding carboxylic acids is 1. The first-order valence-corrected chi connectivity index (χ1v) is 10.1. The SMILES string of the molecule is COc1ccc(Nc2nnc(SCC(=O)c3ccc(OC)cc3OC)s2)cc1. The highest BCUT2D eigenvalue weighted by molar-refractivity contribution is 8.01. The van der Waals surface area contributed by atoms with Gasteiger partial charge in [0.05, 0.1) is 32.6 Å². The molecule has 0 saturated heterocycles. The van der Waals surface area contributed by atoms with Crippen LogP contribution in [-0.2, 0) is 0 Å². The van der Waals surface area contributed by atoms with Crippen LogP contribution in [0.3, 0.4) is 0 Å². The molecule has 1 N–H and O–H groups in total. The van der Waals surface area contributed by atoms with Gasteiger partial charge in [0.2, 0.25) is 5.13 Å². The Labute approximate surface area is 171 Å². The Bertz CT molecular complexity index is 945. The Hall–Kier alpha value is -2.78. The summed E-state index contributed by atoms with van der Waals surface area (Å²) in [6, 6.07) is 12.7. The van der Waals surface area contributed by atoms with Gasteiger partial charge in [-0.05, 0) is 36.4 Å². The number of nitrogens with one attached hydrogen (secondary N) is 1. The largest absolute Gasteiger partial charge is 0.497 e. The molecule has 0 spiro atoms. The van der Waals surface area contributed by atoms with Crippen molar-refractivity contribution in [2.75, 3.05) is 32.4 Å². The molecule has 2 aromatic carbocycles. The number of nitrogens with zero attached hydrogens (tertiary/aromatic N) is 2. The fourth-order valence-electron chi connectivity index (χ4n) is 2.35. The van der Waals surface area contributed by atoms with E-state index in [0.29, 0.717) is 26.5 Å². The van der Waals surface area contributed by atoms with Crippen molar-refractivity contribution in [3.05, 3.63) is 48.0 Å². The van der Waals surface area contributed by atoms with Crippen LogP contribution in [-0.4, -0.2) is 43.1 Å². The van der Waals surface area contributed by atoms with Crippen molar-refractivity contribution in [2.45, 2.75) is 4.34 Å². The first kappa shape index (κ1) is 20.0. The van der Waals surface area contributed by atoms with E-state index >= 15 is 0 Å². The molecule has 0 atom stereocenters. The zero-order chi connectivity index (χ0) is 19.9. The van der Waals surface area contributed by atoms with Gasteiger partial charge in [-0.25, -0.2) is 0 Å². The highest BCUT2D eigenvalue weighted by atomic mass is 32.2. The topological polar surface area (TPSA) is 82.6 Å². The van der Waals surface area contributed by atoms with E-state index in [-0.39, 0.29) is 11.5 Å². The number of aromatic nitrogens is 2. The van der Waals surface area contributed by atoms with Crippen LogP contribution in [0.2, 0.25) is 0 Å². The number of ketones is 1. The molecule has 0 fully saturated rings. The number of Topliss-reactive ketones (excluding diaryl/α,β-unsaturated/α-hetero) is 1. The first-order valence-electron chi connectivity index (χ1n) is 8.25. The van der Waals surface area contributed by atoms with E-state index in [2.05, 4.69) is 15.5 Å². The minimum Gasteiger partial charge on any atom is -0.497 e. The number of anilines is 2. The average molecular weight is 418 g/mol. The molecular formula is C19H19N3O4S2. The number of methoxy groups -OCH3 is 3. The van der Waals surface area contributed by atoms with Gasteiger partial charge in [0, 0.05) is 11.8 Å². The third-order valence-corrected chi connectivity index (χ3v) is 5.76. The lowest BCUT2D eigenvalue weighted by Crippen LogP contribution is -2.05. The zero-order valence-corrected chi connectivity index (χ0v) is 17.2. The third kappa shape index (κ3) is 4.93. The summed E-state index contributed by atoms with van der Waals surface area (Å²) in [6.07, 6.45) is 0. The maximum atomic E-state index is 12.5. The molecular weight excluding hydrogens is 398 g/mol. The van der Waals surface area contributed by atoms with Crippen LogP contribution in [0.15, 0.2) is 46.8 Å². The maximum Gasteiger partial charge on any atom is 0.210 e. The van der Waals surface area contributed by atoms with Gasteiger partial charge in [-0.2, -0.15) is 0 Å². The summed E-state index contributed by atoms with van der Waals surface area (Å²) in [5, 5.41) is 12.1. The number of rotatable bonds is 9. The van der Waals surface area contributed by atoms with Crippen LogP contribution in [0.4, 0.5) is 10.8 Å². The van der Waals surface area contributed by atoms with Crippen molar-refractivity contribution >= 4 is 39.7 Å². The number of hydrogen-bond acceptors (Lipinski definition) is 9. The third-order valence-electron chi connectivity index (χ3n) is 3.78. The van der Waals surface area contributed by atoms with Crippen LogP contribution in [0.5, 0.6) is 17.2 Å². The summed E-state index contributed by atoms with van der Waals surface area (Å²) >= 11 is 2.72. The fourth-order valence-corrected chi connectivity index (χ4v) is 4.01. The molecule has 0 aliphatic heterocycles. The predicted molar refractivity (Wildman–Crippen MR) is 111 cm³/mol. The molecule has 0 aliphatic carbocycles. The summed E-state index contributed by atoms with van der Waals surface area (Å²) in [5.74, 6) is 2.10. The normalized spacial score (nSPS) is 10.4. The quantitative estimate of drug-likeness (QED) is 0.408. The smallest absolute Gasteiger partial charge is 0.210 e. The molecule has 28 heavy (non-hydrogen) atoms. The Morgan fingerprint density at radius 2 is 1.71 bits per heavy atom. The molecule has 0 saturated carbocycles. The van der Waals surface area contributed by atoms with Crippen LogP contribution in [0, 0.1) is 0 Å². The van der Waals surface area contributed by atoms with E-state index in [1.54, 1.807) is 32.4 Å². The average Bonchev–Trinajstić information content (AvgIpc) is 3.19.